The number of hydrogen-bond donors (Lipinski definition) is 2. The molecule has 0 unspecified atom stereocenters. The van der Waals surface area contributed by atoms with Crippen molar-refractivity contribution in [3.63, 3.8) is 0 Å². The minimum atomic E-state index is -4.67. The molecule has 0 fully saturated rings. The van der Waals surface area contributed by atoms with Crippen molar-refractivity contribution in [2.24, 2.45) is 0 Å². The standard InChI is InChI=1S/C20H40O.Na.H2O4S.H/c1-3-5-6-7-8-9-10-11-12-13-14-15-16-17-18-19-20-21-4-2;;1-5(2,3)4;/h4H,2-3,5-20H2,1H3;;(H2,1,2,3,4);/q;+1;;-1. The van der Waals surface area contributed by atoms with Gasteiger partial charge in [0.05, 0.1) is 12.9 Å². The molecule has 0 radical (unpaired) electrons. The van der Waals surface area contributed by atoms with E-state index in [-0.39, 0.29) is 31.0 Å². The normalized spacial score (nSPS) is 10.5. The summed E-state index contributed by atoms with van der Waals surface area (Å²) in [5.41, 5.74) is 0. The van der Waals surface area contributed by atoms with Gasteiger partial charge in [-0.3, -0.25) is 9.11 Å². The van der Waals surface area contributed by atoms with Gasteiger partial charge in [-0.05, 0) is 6.42 Å². The van der Waals surface area contributed by atoms with Gasteiger partial charge in [-0.25, -0.2) is 0 Å². The Hall–Kier alpha value is 0.410. The number of rotatable bonds is 18. The van der Waals surface area contributed by atoms with Gasteiger partial charge in [0.15, 0.2) is 0 Å². The summed E-state index contributed by atoms with van der Waals surface area (Å²) in [7, 11) is -4.67. The second-order valence-corrected chi connectivity index (χ2v) is 7.68. The number of unbranched alkanes of at least 4 members (excludes halogenated alkanes) is 15. The van der Waals surface area contributed by atoms with Gasteiger partial charge in [0.1, 0.15) is 0 Å². The Morgan fingerprint density at radius 3 is 1.26 bits per heavy atom. The van der Waals surface area contributed by atoms with Gasteiger partial charge in [0, 0.05) is 0 Å². The van der Waals surface area contributed by atoms with Crippen LogP contribution in [0.4, 0.5) is 0 Å². The molecule has 0 aliphatic carbocycles. The van der Waals surface area contributed by atoms with Crippen molar-refractivity contribution in [2.75, 3.05) is 6.61 Å². The van der Waals surface area contributed by atoms with Crippen LogP contribution >= 0.6 is 0 Å². The third-order valence-electron chi connectivity index (χ3n) is 4.23. The van der Waals surface area contributed by atoms with E-state index in [9.17, 15) is 0 Å². The molecular weight excluding hydrogens is 375 g/mol. The minimum absolute atomic E-state index is 0. The summed E-state index contributed by atoms with van der Waals surface area (Å²) in [4.78, 5) is 0. The maximum atomic E-state index is 8.74. The molecule has 0 aromatic carbocycles. The van der Waals surface area contributed by atoms with Crippen molar-refractivity contribution in [3.8, 4) is 0 Å². The van der Waals surface area contributed by atoms with Gasteiger partial charge in [-0.1, -0.05) is 110 Å². The SMILES string of the molecule is C=COCCCCCCCCCCCCCCCCCC.O=S(=O)(O)O.[H-].[Na+]. The summed E-state index contributed by atoms with van der Waals surface area (Å²) in [5.74, 6) is 0. The van der Waals surface area contributed by atoms with Crippen LogP contribution in [0.3, 0.4) is 0 Å². The van der Waals surface area contributed by atoms with E-state index in [0.717, 1.165) is 6.61 Å². The molecule has 0 aliphatic rings. The van der Waals surface area contributed by atoms with E-state index in [4.69, 9.17) is 22.3 Å². The average Bonchev–Trinajstić information content (AvgIpc) is 2.56. The van der Waals surface area contributed by atoms with Crippen LogP contribution in [0.25, 0.3) is 0 Å². The molecular formula is C20H43NaO5S. The van der Waals surface area contributed by atoms with Crippen molar-refractivity contribution in [1.29, 1.82) is 0 Å². The maximum Gasteiger partial charge on any atom is 1.00 e. The summed E-state index contributed by atoms with van der Waals surface area (Å²) < 4.78 is 36.7. The van der Waals surface area contributed by atoms with E-state index in [1.807, 2.05) is 0 Å². The van der Waals surface area contributed by atoms with Crippen molar-refractivity contribution in [1.82, 2.24) is 0 Å². The molecule has 27 heavy (non-hydrogen) atoms. The monoisotopic (exact) mass is 418 g/mol. The molecule has 2 N–H and O–H groups in total. The zero-order valence-corrected chi connectivity index (χ0v) is 20.6. The molecule has 0 atom stereocenters. The average molecular weight is 419 g/mol. The zero-order valence-electron chi connectivity index (χ0n) is 18.8. The minimum Gasteiger partial charge on any atom is -1.00 e. The van der Waals surface area contributed by atoms with Gasteiger partial charge >= 0.3 is 40.0 Å². The molecule has 0 heterocycles. The van der Waals surface area contributed by atoms with Crippen LogP contribution < -0.4 is 29.6 Å². The first kappa shape index (κ1) is 32.1. The molecule has 0 rings (SSSR count). The van der Waals surface area contributed by atoms with Crippen LogP contribution in [0.1, 0.15) is 111 Å². The Balaban J connectivity index is -0.000000364. The van der Waals surface area contributed by atoms with E-state index in [0.29, 0.717) is 0 Å². The van der Waals surface area contributed by atoms with Crippen LogP contribution in [-0.4, -0.2) is 24.1 Å². The van der Waals surface area contributed by atoms with E-state index >= 15 is 0 Å². The summed E-state index contributed by atoms with van der Waals surface area (Å²) in [5, 5.41) is 0. The molecule has 0 aromatic rings. The van der Waals surface area contributed by atoms with E-state index in [1.54, 1.807) is 6.26 Å². The fraction of sp³-hybridized carbons (Fsp3) is 0.900. The number of ether oxygens (including phenoxy) is 1. The molecule has 0 aliphatic heterocycles. The fourth-order valence-electron chi connectivity index (χ4n) is 2.82. The van der Waals surface area contributed by atoms with E-state index < -0.39 is 10.4 Å². The van der Waals surface area contributed by atoms with Gasteiger partial charge < -0.3 is 6.16 Å². The van der Waals surface area contributed by atoms with E-state index in [2.05, 4.69) is 13.5 Å². The molecule has 5 nitrogen and oxygen atoms in total. The summed E-state index contributed by atoms with van der Waals surface area (Å²) in [6.45, 7) is 6.69. The van der Waals surface area contributed by atoms with Crippen LogP contribution in [0, 0.1) is 0 Å². The van der Waals surface area contributed by atoms with Crippen molar-refractivity contribution < 1.29 is 53.2 Å². The maximum absolute atomic E-state index is 8.74. The molecule has 0 bridgehead atoms. The van der Waals surface area contributed by atoms with Crippen molar-refractivity contribution >= 4 is 10.4 Å². The molecule has 0 spiro atoms. The second kappa shape index (κ2) is 26.4. The van der Waals surface area contributed by atoms with Crippen LogP contribution in [0.5, 0.6) is 0 Å². The fourth-order valence-corrected chi connectivity index (χ4v) is 2.82. The molecule has 0 saturated heterocycles. The molecule has 0 amide bonds. The molecule has 0 aromatic heterocycles. The Labute approximate surface area is 192 Å². The summed E-state index contributed by atoms with van der Waals surface area (Å²) in [6, 6.07) is 0. The van der Waals surface area contributed by atoms with Crippen molar-refractivity contribution in [2.45, 2.75) is 110 Å². The Kier molecular flexibility index (Phi) is 31.4. The van der Waals surface area contributed by atoms with Gasteiger partial charge in [-0.2, -0.15) is 8.42 Å². The summed E-state index contributed by atoms with van der Waals surface area (Å²) >= 11 is 0. The molecule has 160 valence electrons. The topological polar surface area (TPSA) is 83.8 Å². The predicted octanol–water partition coefficient (Wildman–Crippen LogP) is 3.87. The molecule has 0 saturated carbocycles. The quantitative estimate of drug-likeness (QED) is 0.153. The first-order valence-corrected chi connectivity index (χ1v) is 11.7. The van der Waals surface area contributed by atoms with Crippen LogP contribution in [0.2, 0.25) is 0 Å². The van der Waals surface area contributed by atoms with Gasteiger partial charge in [0.25, 0.3) is 0 Å². The predicted molar refractivity (Wildman–Crippen MR) is 111 cm³/mol. The van der Waals surface area contributed by atoms with Gasteiger partial charge in [-0.15, -0.1) is 0 Å². The first-order chi connectivity index (χ1) is 12.4. The smallest absolute Gasteiger partial charge is 1.00 e. The number of hydrogen-bond acceptors (Lipinski definition) is 3. The first-order valence-electron chi connectivity index (χ1n) is 10.3. The third kappa shape index (κ3) is 46.4. The Morgan fingerprint density at radius 2 is 1.00 bits per heavy atom. The Bertz CT molecular complexity index is 373. The largest absolute Gasteiger partial charge is 1.00 e. The van der Waals surface area contributed by atoms with E-state index in [1.165, 1.54) is 103 Å². The second-order valence-electron chi connectivity index (χ2n) is 6.79. The van der Waals surface area contributed by atoms with Crippen molar-refractivity contribution in [3.05, 3.63) is 12.8 Å². The van der Waals surface area contributed by atoms with Crippen LogP contribution in [-0.2, 0) is 15.1 Å². The zero-order chi connectivity index (χ0) is 19.9. The summed E-state index contributed by atoms with van der Waals surface area (Å²) in [6.07, 6.45) is 24.2. The third-order valence-corrected chi connectivity index (χ3v) is 4.23. The Morgan fingerprint density at radius 1 is 0.741 bits per heavy atom. The molecule has 7 heteroatoms. The van der Waals surface area contributed by atoms with Gasteiger partial charge in [0.2, 0.25) is 0 Å². The van der Waals surface area contributed by atoms with Crippen LogP contribution in [0.15, 0.2) is 12.8 Å².